The second-order valence-corrected chi connectivity index (χ2v) is 7.63. The fourth-order valence-electron chi connectivity index (χ4n) is 3.37. The Morgan fingerprint density at radius 2 is 1.85 bits per heavy atom. The Hall–Kier alpha value is -1.59. The predicted molar refractivity (Wildman–Crippen MR) is 105 cm³/mol. The maximum Gasteiger partial charge on any atom is 0.253 e. The zero-order valence-electron chi connectivity index (χ0n) is 15.9. The molecule has 1 saturated heterocycles. The second-order valence-electron chi connectivity index (χ2n) is 7.23. The van der Waals surface area contributed by atoms with Crippen LogP contribution in [-0.2, 0) is 4.79 Å². The summed E-state index contributed by atoms with van der Waals surface area (Å²) < 4.78 is 0. The van der Waals surface area contributed by atoms with E-state index in [9.17, 15) is 9.59 Å². The molecule has 1 aliphatic rings. The number of hydrogen-bond donors (Lipinski definition) is 2. The van der Waals surface area contributed by atoms with Crippen LogP contribution < -0.4 is 10.6 Å². The third-order valence-corrected chi connectivity index (χ3v) is 5.32. The molecular weight excluding hydrogens is 350 g/mol. The Bertz CT molecular complexity index is 615. The molecule has 0 aromatic heterocycles. The molecule has 0 bridgehead atoms. The summed E-state index contributed by atoms with van der Waals surface area (Å²) in [6, 6.07) is 6.63. The Balaban J connectivity index is 1.96. The molecule has 0 saturated carbocycles. The van der Waals surface area contributed by atoms with Crippen molar-refractivity contribution < 1.29 is 9.59 Å². The van der Waals surface area contributed by atoms with Crippen molar-refractivity contribution in [2.24, 2.45) is 5.92 Å². The highest BCUT2D eigenvalue weighted by Gasteiger charge is 2.27. The normalized spacial score (nSPS) is 17.1. The quantitative estimate of drug-likeness (QED) is 0.729. The lowest BCUT2D eigenvalue weighted by molar-refractivity contribution is -0.124. The molecule has 0 aliphatic carbocycles. The number of nitrogens with one attached hydrogen (secondary N) is 2. The lowest BCUT2D eigenvalue weighted by Crippen LogP contribution is -2.52. The Kier molecular flexibility index (Phi) is 7.91. The molecule has 0 spiro atoms. The smallest absolute Gasteiger partial charge is 0.253 e. The summed E-state index contributed by atoms with van der Waals surface area (Å²) in [6.45, 7) is 8.81. The van der Waals surface area contributed by atoms with Crippen LogP contribution in [0, 0.1) is 5.92 Å². The van der Waals surface area contributed by atoms with Gasteiger partial charge in [-0.15, -0.1) is 0 Å². The zero-order valence-corrected chi connectivity index (χ0v) is 16.7. The van der Waals surface area contributed by atoms with Gasteiger partial charge in [0, 0.05) is 12.6 Å². The summed E-state index contributed by atoms with van der Waals surface area (Å²) >= 11 is 6.09. The van der Waals surface area contributed by atoms with Gasteiger partial charge in [-0.3, -0.25) is 14.5 Å². The van der Waals surface area contributed by atoms with Crippen LogP contribution in [0.25, 0.3) is 0 Å². The molecule has 2 rings (SSSR count). The van der Waals surface area contributed by atoms with E-state index in [4.69, 9.17) is 11.6 Å². The summed E-state index contributed by atoms with van der Waals surface area (Å²) in [5, 5.41) is 6.25. The van der Waals surface area contributed by atoms with E-state index in [0.29, 0.717) is 23.2 Å². The van der Waals surface area contributed by atoms with Crippen molar-refractivity contribution >= 4 is 23.4 Å². The minimum absolute atomic E-state index is 0.0201. The van der Waals surface area contributed by atoms with Crippen molar-refractivity contribution in [3.63, 3.8) is 0 Å². The number of nitrogens with zero attached hydrogens (tertiary/aromatic N) is 1. The van der Waals surface area contributed by atoms with Crippen molar-refractivity contribution in [1.29, 1.82) is 0 Å². The van der Waals surface area contributed by atoms with Gasteiger partial charge in [-0.25, -0.2) is 0 Å². The van der Waals surface area contributed by atoms with Crippen LogP contribution in [0.5, 0.6) is 0 Å². The molecule has 6 heteroatoms. The van der Waals surface area contributed by atoms with Gasteiger partial charge in [0.1, 0.15) is 6.04 Å². The molecule has 1 fully saturated rings. The zero-order chi connectivity index (χ0) is 19.1. The monoisotopic (exact) mass is 379 g/mol. The fraction of sp³-hybridized carbons (Fsp3) is 0.600. The molecule has 1 aromatic rings. The van der Waals surface area contributed by atoms with Crippen LogP contribution in [0.15, 0.2) is 24.3 Å². The first-order chi connectivity index (χ1) is 12.4. The lowest BCUT2D eigenvalue weighted by atomic mass is 10.0. The molecule has 5 nitrogen and oxygen atoms in total. The van der Waals surface area contributed by atoms with Crippen molar-refractivity contribution in [1.82, 2.24) is 15.5 Å². The SMILES string of the molecule is CCC(CNC(=O)C(NC(=O)c1ccccc1Cl)C(C)C)N1CCCC1. The van der Waals surface area contributed by atoms with E-state index in [1.165, 1.54) is 12.8 Å². The van der Waals surface area contributed by atoms with Gasteiger partial charge in [-0.1, -0.05) is 44.5 Å². The van der Waals surface area contributed by atoms with Crippen molar-refractivity contribution in [3.8, 4) is 0 Å². The van der Waals surface area contributed by atoms with E-state index in [0.717, 1.165) is 19.5 Å². The van der Waals surface area contributed by atoms with Gasteiger partial charge in [0.05, 0.1) is 10.6 Å². The highest BCUT2D eigenvalue weighted by Crippen LogP contribution is 2.16. The Labute approximate surface area is 161 Å². The van der Waals surface area contributed by atoms with E-state index in [-0.39, 0.29) is 17.7 Å². The molecule has 2 N–H and O–H groups in total. The maximum absolute atomic E-state index is 12.7. The lowest BCUT2D eigenvalue weighted by Gasteiger charge is -2.28. The molecule has 0 radical (unpaired) electrons. The minimum Gasteiger partial charge on any atom is -0.353 e. The van der Waals surface area contributed by atoms with E-state index >= 15 is 0 Å². The topological polar surface area (TPSA) is 61.4 Å². The van der Waals surface area contributed by atoms with Gasteiger partial charge in [-0.05, 0) is 50.4 Å². The number of rotatable bonds is 8. The maximum atomic E-state index is 12.7. The highest BCUT2D eigenvalue weighted by atomic mass is 35.5. The van der Waals surface area contributed by atoms with E-state index < -0.39 is 6.04 Å². The summed E-state index contributed by atoms with van der Waals surface area (Å²) in [5.74, 6) is -0.484. The van der Waals surface area contributed by atoms with Crippen LogP contribution in [0.3, 0.4) is 0 Å². The molecular formula is C20H30ClN3O2. The number of amides is 2. The molecule has 2 amide bonds. The first kappa shape index (κ1) is 20.7. The number of carbonyl (C=O) groups is 2. The molecule has 2 unspecified atom stereocenters. The van der Waals surface area contributed by atoms with Crippen LogP contribution in [0.4, 0.5) is 0 Å². The van der Waals surface area contributed by atoms with Crippen molar-refractivity contribution in [3.05, 3.63) is 34.9 Å². The molecule has 1 aromatic carbocycles. The predicted octanol–water partition coefficient (Wildman–Crippen LogP) is 3.09. The van der Waals surface area contributed by atoms with E-state index in [1.54, 1.807) is 24.3 Å². The first-order valence-corrected chi connectivity index (χ1v) is 9.89. The minimum atomic E-state index is -0.588. The summed E-state index contributed by atoms with van der Waals surface area (Å²) in [5.41, 5.74) is 0.385. The van der Waals surface area contributed by atoms with Crippen molar-refractivity contribution in [2.75, 3.05) is 19.6 Å². The number of halogens is 1. The van der Waals surface area contributed by atoms with Gasteiger partial charge in [0.25, 0.3) is 5.91 Å². The van der Waals surface area contributed by atoms with Crippen LogP contribution in [0.2, 0.25) is 5.02 Å². The first-order valence-electron chi connectivity index (χ1n) is 9.51. The van der Waals surface area contributed by atoms with Crippen molar-refractivity contribution in [2.45, 2.75) is 52.1 Å². The third kappa shape index (κ3) is 5.45. The summed E-state index contributed by atoms with van der Waals surface area (Å²) in [6.07, 6.45) is 3.46. The molecule has 26 heavy (non-hydrogen) atoms. The highest BCUT2D eigenvalue weighted by molar-refractivity contribution is 6.33. The standard InChI is InChI=1S/C20H30ClN3O2/c1-4-15(24-11-7-8-12-24)13-22-20(26)18(14(2)3)23-19(25)16-9-5-6-10-17(16)21/h5-6,9-10,14-15,18H,4,7-8,11-13H2,1-3H3,(H,22,26)(H,23,25). The van der Waals surface area contributed by atoms with Crippen LogP contribution >= 0.6 is 11.6 Å². The number of benzene rings is 1. The number of likely N-dealkylation sites (tertiary alicyclic amines) is 1. The molecule has 1 heterocycles. The summed E-state index contributed by atoms with van der Waals surface area (Å²) in [7, 11) is 0. The second kappa shape index (κ2) is 9.93. The van der Waals surface area contributed by atoms with Gasteiger partial charge in [-0.2, -0.15) is 0 Å². The molecule has 2 atom stereocenters. The molecule has 144 valence electrons. The number of carbonyl (C=O) groups excluding carboxylic acids is 2. The van der Waals surface area contributed by atoms with Crippen LogP contribution in [-0.4, -0.2) is 48.4 Å². The van der Waals surface area contributed by atoms with Gasteiger partial charge in [0.15, 0.2) is 0 Å². The van der Waals surface area contributed by atoms with Crippen LogP contribution in [0.1, 0.15) is 50.4 Å². The number of hydrogen-bond acceptors (Lipinski definition) is 3. The van der Waals surface area contributed by atoms with Gasteiger partial charge >= 0.3 is 0 Å². The fourth-order valence-corrected chi connectivity index (χ4v) is 3.59. The van der Waals surface area contributed by atoms with E-state index in [1.807, 2.05) is 13.8 Å². The molecule has 1 aliphatic heterocycles. The average molecular weight is 380 g/mol. The van der Waals surface area contributed by atoms with E-state index in [2.05, 4.69) is 22.5 Å². The Morgan fingerprint density at radius 3 is 2.42 bits per heavy atom. The summed E-state index contributed by atoms with van der Waals surface area (Å²) in [4.78, 5) is 27.6. The Morgan fingerprint density at radius 1 is 1.19 bits per heavy atom. The largest absolute Gasteiger partial charge is 0.353 e. The van der Waals surface area contributed by atoms with Gasteiger partial charge in [0.2, 0.25) is 5.91 Å². The van der Waals surface area contributed by atoms with Gasteiger partial charge < -0.3 is 10.6 Å². The third-order valence-electron chi connectivity index (χ3n) is 4.99. The average Bonchev–Trinajstić information content (AvgIpc) is 3.14.